The van der Waals surface area contributed by atoms with Crippen LogP contribution in [0.25, 0.3) is 11.1 Å². The lowest BCUT2D eigenvalue weighted by atomic mass is 10.00. The smallest absolute Gasteiger partial charge is 0.150 e. The summed E-state index contributed by atoms with van der Waals surface area (Å²) in [6.45, 7) is 5.12. The molecule has 0 N–H and O–H groups in total. The van der Waals surface area contributed by atoms with Gasteiger partial charge in [-0.3, -0.25) is 4.79 Å². The average molecular weight is 361 g/mol. The first kappa shape index (κ1) is 15.1. The van der Waals surface area contributed by atoms with Crippen molar-refractivity contribution in [2.24, 2.45) is 0 Å². The van der Waals surface area contributed by atoms with Crippen molar-refractivity contribution in [1.82, 2.24) is 0 Å². The Labute approximate surface area is 138 Å². The van der Waals surface area contributed by atoms with Crippen LogP contribution in [0.4, 0.5) is 0 Å². The molecule has 22 heavy (non-hydrogen) atoms. The van der Waals surface area contributed by atoms with Crippen LogP contribution >= 0.6 is 15.9 Å². The van der Waals surface area contributed by atoms with Gasteiger partial charge in [0.15, 0.2) is 6.29 Å². The van der Waals surface area contributed by atoms with Crippen molar-refractivity contribution in [3.05, 3.63) is 45.4 Å². The van der Waals surface area contributed by atoms with E-state index in [0.717, 1.165) is 45.4 Å². The summed E-state index contributed by atoms with van der Waals surface area (Å²) in [4.78, 5) is 11.5. The van der Waals surface area contributed by atoms with Crippen molar-refractivity contribution in [3.63, 3.8) is 0 Å². The van der Waals surface area contributed by atoms with Crippen molar-refractivity contribution in [2.45, 2.75) is 20.3 Å². The lowest BCUT2D eigenvalue weighted by molar-refractivity contribution is 0.112. The molecule has 2 aromatic carbocycles. The van der Waals surface area contributed by atoms with Gasteiger partial charge in [-0.05, 0) is 61.2 Å². The highest BCUT2D eigenvalue weighted by molar-refractivity contribution is 9.10. The molecule has 0 spiro atoms. The molecule has 0 unspecified atom stereocenters. The average Bonchev–Trinajstić information content (AvgIpc) is 2.85. The second-order valence-corrected chi connectivity index (χ2v) is 6.00. The Morgan fingerprint density at radius 3 is 2.18 bits per heavy atom. The Morgan fingerprint density at radius 2 is 1.59 bits per heavy atom. The van der Waals surface area contributed by atoms with E-state index >= 15 is 0 Å². The first-order valence-corrected chi connectivity index (χ1v) is 8.17. The Hall–Kier alpha value is -1.81. The number of carbonyl (C=O) groups excluding carboxylic acids is 1. The van der Waals surface area contributed by atoms with E-state index in [1.165, 1.54) is 5.56 Å². The number of benzene rings is 2. The van der Waals surface area contributed by atoms with Gasteiger partial charge in [-0.1, -0.05) is 15.9 Å². The number of hydrogen-bond donors (Lipinski definition) is 0. The highest BCUT2D eigenvalue weighted by Gasteiger charge is 2.25. The van der Waals surface area contributed by atoms with Gasteiger partial charge in [0.05, 0.1) is 13.2 Å². The molecular weight excluding hydrogens is 344 g/mol. The predicted octanol–water partition coefficient (Wildman–Crippen LogP) is 4.63. The minimum Gasteiger partial charge on any atom is -0.494 e. The molecule has 0 saturated heterocycles. The first-order valence-electron chi connectivity index (χ1n) is 7.38. The largest absolute Gasteiger partial charge is 0.494 e. The molecular formula is C18H17BrO3. The Kier molecular flexibility index (Phi) is 4.21. The molecule has 4 heteroatoms. The standard InChI is InChI=1S/C18H17BrO3/c1-3-21-14-6-11-5-12-7-15(22-4-2)9-16(19)18(12)17(11)13(8-14)10-20/h6-10H,3-5H2,1-2H3. The van der Waals surface area contributed by atoms with Gasteiger partial charge in [0.1, 0.15) is 11.5 Å². The molecule has 0 atom stereocenters. The summed E-state index contributed by atoms with van der Waals surface area (Å²) in [7, 11) is 0. The van der Waals surface area contributed by atoms with Crippen molar-refractivity contribution in [3.8, 4) is 22.6 Å². The number of rotatable bonds is 5. The highest BCUT2D eigenvalue weighted by Crippen LogP contribution is 2.46. The van der Waals surface area contributed by atoms with Gasteiger partial charge in [0.25, 0.3) is 0 Å². The number of halogens is 1. The fraction of sp³-hybridized carbons (Fsp3) is 0.278. The van der Waals surface area contributed by atoms with Crippen LogP contribution in [0.3, 0.4) is 0 Å². The quantitative estimate of drug-likeness (QED) is 0.622. The Bertz CT molecular complexity index is 738. The minimum absolute atomic E-state index is 0.586. The molecule has 0 aromatic heterocycles. The second-order valence-electron chi connectivity index (χ2n) is 5.15. The van der Waals surface area contributed by atoms with E-state index < -0.39 is 0 Å². The maximum atomic E-state index is 11.5. The van der Waals surface area contributed by atoms with Crippen molar-refractivity contribution >= 4 is 22.2 Å². The monoisotopic (exact) mass is 360 g/mol. The van der Waals surface area contributed by atoms with E-state index in [1.54, 1.807) is 0 Å². The maximum Gasteiger partial charge on any atom is 0.150 e. The number of fused-ring (bicyclic) bond motifs is 3. The third kappa shape index (κ3) is 2.52. The van der Waals surface area contributed by atoms with E-state index in [1.807, 2.05) is 32.0 Å². The number of aldehydes is 1. The van der Waals surface area contributed by atoms with Gasteiger partial charge in [-0.25, -0.2) is 0 Å². The molecule has 3 rings (SSSR count). The number of ether oxygens (including phenoxy) is 2. The van der Waals surface area contributed by atoms with Crippen LogP contribution < -0.4 is 9.47 Å². The normalized spacial score (nSPS) is 11.8. The molecule has 3 nitrogen and oxygen atoms in total. The van der Waals surface area contributed by atoms with E-state index in [-0.39, 0.29) is 0 Å². The van der Waals surface area contributed by atoms with Crippen LogP contribution in [0.1, 0.15) is 35.3 Å². The fourth-order valence-corrected chi connectivity index (χ4v) is 3.67. The SMILES string of the molecule is CCOc1cc(Br)c2c(c1)Cc1cc(OCC)cc(C=O)c1-2. The van der Waals surface area contributed by atoms with E-state index in [9.17, 15) is 4.79 Å². The fourth-order valence-electron chi connectivity index (χ4n) is 2.99. The third-order valence-electron chi connectivity index (χ3n) is 3.75. The van der Waals surface area contributed by atoms with Crippen LogP contribution in [0.15, 0.2) is 28.7 Å². The molecule has 0 amide bonds. The first-order chi connectivity index (χ1) is 10.7. The molecule has 0 aliphatic heterocycles. The van der Waals surface area contributed by atoms with Gasteiger partial charge in [0.2, 0.25) is 0 Å². The highest BCUT2D eigenvalue weighted by atomic mass is 79.9. The van der Waals surface area contributed by atoms with E-state index in [0.29, 0.717) is 18.8 Å². The van der Waals surface area contributed by atoms with Gasteiger partial charge in [0, 0.05) is 15.6 Å². The number of carbonyl (C=O) groups is 1. The zero-order chi connectivity index (χ0) is 15.7. The zero-order valence-electron chi connectivity index (χ0n) is 12.6. The summed E-state index contributed by atoms with van der Waals surface area (Å²) in [6.07, 6.45) is 1.69. The predicted molar refractivity (Wildman–Crippen MR) is 90.1 cm³/mol. The van der Waals surface area contributed by atoms with Gasteiger partial charge in [-0.2, -0.15) is 0 Å². The van der Waals surface area contributed by atoms with Crippen molar-refractivity contribution in [2.75, 3.05) is 13.2 Å². The van der Waals surface area contributed by atoms with E-state index in [4.69, 9.17) is 9.47 Å². The maximum absolute atomic E-state index is 11.5. The van der Waals surface area contributed by atoms with Crippen LogP contribution in [0.5, 0.6) is 11.5 Å². The zero-order valence-corrected chi connectivity index (χ0v) is 14.2. The molecule has 114 valence electrons. The molecule has 0 saturated carbocycles. The topological polar surface area (TPSA) is 35.5 Å². The van der Waals surface area contributed by atoms with Gasteiger partial charge in [-0.15, -0.1) is 0 Å². The molecule has 0 bridgehead atoms. The second kappa shape index (κ2) is 6.13. The molecule has 0 radical (unpaired) electrons. The summed E-state index contributed by atoms with van der Waals surface area (Å²) in [5.74, 6) is 1.59. The minimum atomic E-state index is 0.586. The lowest BCUT2D eigenvalue weighted by Crippen LogP contribution is -1.96. The van der Waals surface area contributed by atoms with Crippen molar-refractivity contribution < 1.29 is 14.3 Å². The van der Waals surface area contributed by atoms with Crippen LogP contribution in [-0.2, 0) is 6.42 Å². The van der Waals surface area contributed by atoms with Crippen LogP contribution in [0.2, 0.25) is 0 Å². The summed E-state index contributed by atoms with van der Waals surface area (Å²) >= 11 is 3.62. The third-order valence-corrected chi connectivity index (χ3v) is 4.37. The van der Waals surface area contributed by atoms with Crippen LogP contribution in [-0.4, -0.2) is 19.5 Å². The lowest BCUT2D eigenvalue weighted by Gasteiger charge is -2.11. The molecule has 0 fully saturated rings. The van der Waals surface area contributed by atoms with Gasteiger partial charge < -0.3 is 9.47 Å². The molecule has 1 aliphatic rings. The molecule has 0 heterocycles. The summed E-state index contributed by atoms with van der Waals surface area (Å²) in [5.41, 5.74) is 5.05. The van der Waals surface area contributed by atoms with Gasteiger partial charge >= 0.3 is 0 Å². The summed E-state index contributed by atoms with van der Waals surface area (Å²) in [5, 5.41) is 0. The Balaban J connectivity index is 2.15. The number of hydrogen-bond acceptors (Lipinski definition) is 3. The van der Waals surface area contributed by atoms with Crippen LogP contribution in [0, 0.1) is 0 Å². The van der Waals surface area contributed by atoms with Crippen molar-refractivity contribution in [1.29, 1.82) is 0 Å². The molecule has 1 aliphatic carbocycles. The van der Waals surface area contributed by atoms with E-state index in [2.05, 4.69) is 22.0 Å². The summed E-state index contributed by atoms with van der Waals surface area (Å²) in [6, 6.07) is 7.85. The Morgan fingerprint density at radius 1 is 1.00 bits per heavy atom. The summed E-state index contributed by atoms with van der Waals surface area (Å²) < 4.78 is 12.1. The molecule has 2 aromatic rings.